The highest BCUT2D eigenvalue weighted by atomic mass is 35.5. The normalized spacial score (nSPS) is 11.4. The largest absolute Gasteiger partial charge is 0.322 e. The molecule has 3 aromatic rings. The number of para-hydroxylation sites is 1. The number of carbonyl (C=O) groups is 1. The average molecular weight is 455 g/mol. The van der Waals surface area contributed by atoms with Crippen molar-refractivity contribution >= 4 is 44.4 Å². The van der Waals surface area contributed by atoms with Gasteiger partial charge in [-0.05, 0) is 49.7 Å². The standard InChI is InChI=1S/C19H16ClFN2O4S2/c1-11-9-12(2)23(10-16(24)22-14-6-4-3-5-13(14)21)19(25)18(11)29(26,27)17-8-7-15(20)28-17/h3-9H,10H2,1-2H3,(H,22,24). The second-order valence-corrected chi connectivity index (χ2v) is 10.1. The molecule has 1 amide bonds. The van der Waals surface area contributed by atoms with Crippen LogP contribution < -0.4 is 10.9 Å². The number of carbonyl (C=O) groups excluding carboxylic acids is 1. The van der Waals surface area contributed by atoms with Crippen LogP contribution in [0.5, 0.6) is 0 Å². The number of anilines is 1. The number of benzene rings is 1. The van der Waals surface area contributed by atoms with Gasteiger partial charge in [0.05, 0.1) is 10.0 Å². The Labute approximate surface area is 175 Å². The van der Waals surface area contributed by atoms with E-state index in [1.54, 1.807) is 13.0 Å². The minimum absolute atomic E-state index is 0.0311. The van der Waals surface area contributed by atoms with Gasteiger partial charge in [0.15, 0.2) is 0 Å². The minimum atomic E-state index is -4.11. The zero-order valence-corrected chi connectivity index (χ0v) is 17.8. The molecule has 0 aliphatic carbocycles. The van der Waals surface area contributed by atoms with Crippen LogP contribution in [0.2, 0.25) is 4.34 Å². The van der Waals surface area contributed by atoms with Crippen LogP contribution in [-0.2, 0) is 21.2 Å². The van der Waals surface area contributed by atoms with E-state index in [9.17, 15) is 22.4 Å². The van der Waals surface area contributed by atoms with Crippen LogP contribution in [-0.4, -0.2) is 18.9 Å². The first-order chi connectivity index (χ1) is 13.6. The molecule has 2 aromatic heterocycles. The van der Waals surface area contributed by atoms with E-state index in [1.165, 1.54) is 43.3 Å². The number of nitrogens with zero attached hydrogens (tertiary/aromatic N) is 1. The first-order valence-electron chi connectivity index (χ1n) is 8.37. The number of nitrogens with one attached hydrogen (secondary N) is 1. The first-order valence-corrected chi connectivity index (χ1v) is 11.0. The van der Waals surface area contributed by atoms with Gasteiger partial charge in [-0.1, -0.05) is 23.7 Å². The number of halogens is 2. The zero-order valence-electron chi connectivity index (χ0n) is 15.4. The van der Waals surface area contributed by atoms with Gasteiger partial charge in [0, 0.05) is 5.69 Å². The molecule has 3 rings (SSSR count). The van der Waals surface area contributed by atoms with E-state index < -0.39 is 38.6 Å². The van der Waals surface area contributed by atoms with Crippen LogP contribution in [0.3, 0.4) is 0 Å². The number of hydrogen-bond donors (Lipinski definition) is 1. The number of thiophene rings is 1. The molecule has 0 spiro atoms. The number of hydrogen-bond acceptors (Lipinski definition) is 5. The Balaban J connectivity index is 2.01. The highest BCUT2D eigenvalue weighted by molar-refractivity contribution is 7.93. The van der Waals surface area contributed by atoms with E-state index in [-0.39, 0.29) is 19.8 Å². The Morgan fingerprint density at radius 2 is 1.90 bits per heavy atom. The molecule has 10 heteroatoms. The number of aromatic nitrogens is 1. The third kappa shape index (κ3) is 4.26. The van der Waals surface area contributed by atoms with Crippen molar-refractivity contribution in [2.45, 2.75) is 29.5 Å². The molecule has 0 saturated heterocycles. The topological polar surface area (TPSA) is 85.2 Å². The summed E-state index contributed by atoms with van der Waals surface area (Å²) in [5.74, 6) is -1.28. The first kappa shape index (κ1) is 21.2. The predicted octanol–water partition coefficient (Wildman–Crippen LogP) is 3.79. The minimum Gasteiger partial charge on any atom is -0.322 e. The van der Waals surface area contributed by atoms with Crippen LogP contribution >= 0.6 is 22.9 Å². The lowest BCUT2D eigenvalue weighted by Crippen LogP contribution is -2.33. The fraction of sp³-hybridized carbons (Fsp3) is 0.158. The van der Waals surface area contributed by atoms with E-state index in [2.05, 4.69) is 5.32 Å². The van der Waals surface area contributed by atoms with Gasteiger partial charge in [0.2, 0.25) is 15.7 Å². The SMILES string of the molecule is Cc1cc(C)n(CC(=O)Nc2ccccc2F)c(=O)c1S(=O)(=O)c1ccc(Cl)s1. The molecular weight excluding hydrogens is 439 g/mol. The molecule has 2 heterocycles. The molecule has 1 aromatic carbocycles. The van der Waals surface area contributed by atoms with Crippen molar-refractivity contribution < 1.29 is 17.6 Å². The Hall–Kier alpha value is -2.49. The van der Waals surface area contributed by atoms with Gasteiger partial charge in [-0.3, -0.25) is 9.59 Å². The van der Waals surface area contributed by atoms with Gasteiger partial charge in [0.25, 0.3) is 5.56 Å². The van der Waals surface area contributed by atoms with E-state index in [0.29, 0.717) is 5.69 Å². The van der Waals surface area contributed by atoms with Crippen LogP contribution in [0.1, 0.15) is 11.3 Å². The van der Waals surface area contributed by atoms with Crippen molar-refractivity contribution in [1.82, 2.24) is 4.57 Å². The van der Waals surface area contributed by atoms with Gasteiger partial charge in [0.1, 0.15) is 21.5 Å². The summed E-state index contributed by atoms with van der Waals surface area (Å²) < 4.78 is 40.9. The summed E-state index contributed by atoms with van der Waals surface area (Å²) in [4.78, 5) is 24.9. The second-order valence-electron chi connectivity index (χ2n) is 6.28. The molecule has 0 saturated carbocycles. The summed E-state index contributed by atoms with van der Waals surface area (Å²) >= 11 is 6.68. The molecule has 152 valence electrons. The van der Waals surface area contributed by atoms with Crippen LogP contribution in [0, 0.1) is 19.7 Å². The quantitative estimate of drug-likeness (QED) is 0.635. The van der Waals surface area contributed by atoms with E-state index in [0.717, 1.165) is 15.9 Å². The molecule has 0 atom stereocenters. The van der Waals surface area contributed by atoms with Gasteiger partial charge in [-0.2, -0.15) is 0 Å². The van der Waals surface area contributed by atoms with Crippen LogP contribution in [0.25, 0.3) is 0 Å². The summed E-state index contributed by atoms with van der Waals surface area (Å²) in [5.41, 5.74) is -0.186. The number of aryl methyl sites for hydroxylation is 2. The van der Waals surface area contributed by atoms with Gasteiger partial charge >= 0.3 is 0 Å². The molecule has 0 fully saturated rings. The smallest absolute Gasteiger partial charge is 0.270 e. The van der Waals surface area contributed by atoms with Crippen molar-refractivity contribution in [2.75, 3.05) is 5.32 Å². The maximum atomic E-state index is 13.7. The Bertz CT molecular complexity index is 1270. The van der Waals surface area contributed by atoms with Crippen molar-refractivity contribution in [3.8, 4) is 0 Å². The molecule has 0 bridgehead atoms. The predicted molar refractivity (Wildman–Crippen MR) is 110 cm³/mol. The summed E-state index contributed by atoms with van der Waals surface area (Å²) in [5, 5.41) is 2.38. The lowest BCUT2D eigenvalue weighted by Gasteiger charge is -2.14. The fourth-order valence-corrected chi connectivity index (χ4v) is 6.01. The summed E-state index contributed by atoms with van der Waals surface area (Å²) in [6, 6.07) is 9.88. The number of rotatable bonds is 5. The Kier molecular flexibility index (Phi) is 5.92. The lowest BCUT2D eigenvalue weighted by molar-refractivity contribution is -0.116. The second kappa shape index (κ2) is 8.10. The average Bonchev–Trinajstić information content (AvgIpc) is 3.07. The molecular formula is C19H16ClFN2O4S2. The van der Waals surface area contributed by atoms with Crippen molar-refractivity contribution in [1.29, 1.82) is 0 Å². The highest BCUT2D eigenvalue weighted by Gasteiger charge is 2.27. The number of amides is 1. The van der Waals surface area contributed by atoms with Crippen LogP contribution in [0.15, 0.2) is 56.4 Å². The summed E-state index contributed by atoms with van der Waals surface area (Å²) in [6.45, 7) is 2.64. The van der Waals surface area contributed by atoms with Gasteiger partial charge in [-0.25, -0.2) is 12.8 Å². The zero-order chi connectivity index (χ0) is 21.3. The third-order valence-electron chi connectivity index (χ3n) is 4.18. The lowest BCUT2D eigenvalue weighted by atomic mass is 10.2. The summed E-state index contributed by atoms with van der Waals surface area (Å²) in [6.07, 6.45) is 0. The third-order valence-corrected chi connectivity index (χ3v) is 7.81. The number of sulfone groups is 1. The van der Waals surface area contributed by atoms with Crippen molar-refractivity contribution in [2.24, 2.45) is 0 Å². The van der Waals surface area contributed by atoms with Crippen molar-refractivity contribution in [3.63, 3.8) is 0 Å². The van der Waals surface area contributed by atoms with Crippen molar-refractivity contribution in [3.05, 3.63) is 74.2 Å². The molecule has 0 aliphatic heterocycles. The Morgan fingerprint density at radius 3 is 2.52 bits per heavy atom. The molecule has 0 aliphatic rings. The van der Waals surface area contributed by atoms with E-state index in [4.69, 9.17) is 11.6 Å². The number of pyridine rings is 1. The maximum absolute atomic E-state index is 13.7. The highest BCUT2D eigenvalue weighted by Crippen LogP contribution is 2.30. The van der Waals surface area contributed by atoms with Gasteiger partial charge in [-0.15, -0.1) is 11.3 Å². The van der Waals surface area contributed by atoms with E-state index in [1.807, 2.05) is 0 Å². The van der Waals surface area contributed by atoms with Gasteiger partial charge < -0.3 is 9.88 Å². The molecule has 6 nitrogen and oxygen atoms in total. The Morgan fingerprint density at radius 1 is 1.21 bits per heavy atom. The molecule has 29 heavy (non-hydrogen) atoms. The van der Waals surface area contributed by atoms with Crippen LogP contribution in [0.4, 0.5) is 10.1 Å². The molecule has 0 unspecified atom stereocenters. The monoisotopic (exact) mass is 454 g/mol. The summed E-state index contributed by atoms with van der Waals surface area (Å²) in [7, 11) is -4.11. The molecule has 0 radical (unpaired) electrons. The molecule has 1 N–H and O–H groups in total. The fourth-order valence-electron chi connectivity index (χ4n) is 2.87. The maximum Gasteiger partial charge on any atom is 0.270 e. The van der Waals surface area contributed by atoms with E-state index >= 15 is 0 Å².